The maximum Gasteiger partial charge on any atom is 0.170 e. The van der Waals surface area contributed by atoms with Gasteiger partial charge in [-0.15, -0.1) is 0 Å². The molecule has 0 radical (unpaired) electrons. The van der Waals surface area contributed by atoms with E-state index in [4.69, 9.17) is 4.74 Å². The zero-order chi connectivity index (χ0) is 11.3. The van der Waals surface area contributed by atoms with E-state index in [-0.39, 0.29) is 11.4 Å². The zero-order valence-corrected chi connectivity index (χ0v) is 9.75. The normalized spacial score (nSPS) is 31.9. The van der Waals surface area contributed by atoms with Crippen LogP contribution in [0.15, 0.2) is 18.2 Å². The summed E-state index contributed by atoms with van der Waals surface area (Å²) in [7, 11) is 0. The van der Waals surface area contributed by atoms with Gasteiger partial charge >= 0.3 is 0 Å². The number of hydrogen-bond donors (Lipinski definition) is 0. The van der Waals surface area contributed by atoms with Gasteiger partial charge < -0.3 is 4.74 Å². The average molecular weight is 216 g/mol. The molecule has 0 saturated heterocycles. The molecule has 0 bridgehead atoms. The van der Waals surface area contributed by atoms with Crippen molar-refractivity contribution in [3.8, 4) is 5.75 Å². The number of fused-ring (bicyclic) bond motifs is 1. The number of ether oxygens (including phenoxy) is 1. The van der Waals surface area contributed by atoms with Crippen LogP contribution in [0.5, 0.6) is 5.75 Å². The summed E-state index contributed by atoms with van der Waals surface area (Å²) in [5.74, 6) is 1.73. The second kappa shape index (κ2) is 3.09. The van der Waals surface area contributed by atoms with Gasteiger partial charge in [0.25, 0.3) is 0 Å². The smallest absolute Gasteiger partial charge is 0.170 e. The van der Waals surface area contributed by atoms with E-state index in [0.29, 0.717) is 12.3 Å². The SMILES string of the molecule is Cc1ccc2c(c1)C(=O)CC1(CC(C)C1)O2. The molecular formula is C14H16O2. The number of benzene rings is 1. The van der Waals surface area contributed by atoms with Gasteiger partial charge in [-0.25, -0.2) is 0 Å². The molecule has 0 atom stereocenters. The molecule has 84 valence electrons. The molecular weight excluding hydrogens is 200 g/mol. The van der Waals surface area contributed by atoms with Crippen LogP contribution in [0, 0.1) is 12.8 Å². The van der Waals surface area contributed by atoms with Crippen molar-refractivity contribution in [3.05, 3.63) is 29.3 Å². The summed E-state index contributed by atoms with van der Waals surface area (Å²) in [6.45, 7) is 4.22. The first-order chi connectivity index (χ1) is 7.58. The third-order valence-corrected chi connectivity index (χ3v) is 3.69. The van der Waals surface area contributed by atoms with E-state index in [2.05, 4.69) is 6.92 Å². The first-order valence-electron chi connectivity index (χ1n) is 5.91. The van der Waals surface area contributed by atoms with Gasteiger partial charge in [0.15, 0.2) is 5.78 Å². The summed E-state index contributed by atoms with van der Waals surface area (Å²) >= 11 is 0. The van der Waals surface area contributed by atoms with Crippen molar-refractivity contribution in [2.75, 3.05) is 0 Å². The van der Waals surface area contributed by atoms with Crippen molar-refractivity contribution in [3.63, 3.8) is 0 Å². The highest BCUT2D eigenvalue weighted by Gasteiger charge is 2.48. The van der Waals surface area contributed by atoms with E-state index in [1.807, 2.05) is 25.1 Å². The average Bonchev–Trinajstić information content (AvgIpc) is 2.17. The Bertz CT molecular complexity index is 456. The van der Waals surface area contributed by atoms with E-state index in [9.17, 15) is 4.79 Å². The Balaban J connectivity index is 1.98. The quantitative estimate of drug-likeness (QED) is 0.666. The number of aryl methyl sites for hydroxylation is 1. The van der Waals surface area contributed by atoms with Gasteiger partial charge in [0.05, 0.1) is 12.0 Å². The van der Waals surface area contributed by atoms with Crippen molar-refractivity contribution in [2.24, 2.45) is 5.92 Å². The topological polar surface area (TPSA) is 26.3 Å². The van der Waals surface area contributed by atoms with Gasteiger partial charge in [-0.1, -0.05) is 18.6 Å². The lowest BCUT2D eigenvalue weighted by molar-refractivity contribution is -0.0501. The van der Waals surface area contributed by atoms with Crippen LogP contribution in [0.2, 0.25) is 0 Å². The molecule has 1 fully saturated rings. The highest BCUT2D eigenvalue weighted by Crippen LogP contribution is 2.47. The van der Waals surface area contributed by atoms with Crippen LogP contribution in [-0.4, -0.2) is 11.4 Å². The van der Waals surface area contributed by atoms with Crippen molar-refractivity contribution in [1.82, 2.24) is 0 Å². The van der Waals surface area contributed by atoms with E-state index >= 15 is 0 Å². The summed E-state index contributed by atoms with van der Waals surface area (Å²) < 4.78 is 6.03. The number of Topliss-reactive ketones (excluding diaryl/α,β-unsaturated/α-hetero) is 1. The van der Waals surface area contributed by atoms with Crippen LogP contribution in [-0.2, 0) is 0 Å². The van der Waals surface area contributed by atoms with Gasteiger partial charge in [0.2, 0.25) is 0 Å². The summed E-state index contributed by atoms with van der Waals surface area (Å²) in [5.41, 5.74) is 1.72. The lowest BCUT2D eigenvalue weighted by Crippen LogP contribution is -2.51. The Kier molecular flexibility index (Phi) is 1.91. The predicted molar refractivity (Wildman–Crippen MR) is 61.9 cm³/mol. The minimum Gasteiger partial charge on any atom is -0.486 e. The number of carbonyl (C=O) groups is 1. The van der Waals surface area contributed by atoms with E-state index in [0.717, 1.165) is 29.7 Å². The molecule has 1 aromatic carbocycles. The van der Waals surface area contributed by atoms with Crippen molar-refractivity contribution in [1.29, 1.82) is 0 Å². The van der Waals surface area contributed by atoms with Gasteiger partial charge in [0.1, 0.15) is 11.4 Å². The molecule has 2 nitrogen and oxygen atoms in total. The van der Waals surface area contributed by atoms with Crippen LogP contribution in [0.3, 0.4) is 0 Å². The van der Waals surface area contributed by atoms with Crippen molar-refractivity contribution in [2.45, 2.75) is 38.7 Å². The second-order valence-electron chi connectivity index (χ2n) is 5.40. The third-order valence-electron chi connectivity index (χ3n) is 3.69. The predicted octanol–water partition coefficient (Wildman–Crippen LogP) is 3.13. The van der Waals surface area contributed by atoms with Crippen LogP contribution in [0.1, 0.15) is 42.1 Å². The van der Waals surface area contributed by atoms with Crippen LogP contribution in [0.25, 0.3) is 0 Å². The first-order valence-corrected chi connectivity index (χ1v) is 5.91. The minimum atomic E-state index is -0.168. The Hall–Kier alpha value is -1.31. The fraction of sp³-hybridized carbons (Fsp3) is 0.500. The summed E-state index contributed by atoms with van der Waals surface area (Å²) in [6, 6.07) is 5.88. The van der Waals surface area contributed by atoms with Crippen molar-refractivity contribution >= 4 is 5.78 Å². The molecule has 1 aliphatic heterocycles. The van der Waals surface area contributed by atoms with Crippen LogP contribution in [0.4, 0.5) is 0 Å². The van der Waals surface area contributed by atoms with E-state index in [1.54, 1.807) is 0 Å². The molecule has 1 heterocycles. The first kappa shape index (κ1) is 9.88. The lowest BCUT2D eigenvalue weighted by Gasteiger charge is -2.48. The van der Waals surface area contributed by atoms with Crippen LogP contribution >= 0.6 is 0 Å². The minimum absolute atomic E-state index is 0.168. The Morgan fingerprint density at radius 3 is 2.81 bits per heavy atom. The molecule has 1 saturated carbocycles. The lowest BCUT2D eigenvalue weighted by atomic mass is 9.67. The molecule has 2 aliphatic rings. The van der Waals surface area contributed by atoms with Gasteiger partial charge in [-0.05, 0) is 37.8 Å². The number of hydrogen-bond acceptors (Lipinski definition) is 2. The maximum atomic E-state index is 12.1. The summed E-state index contributed by atoms with van der Waals surface area (Å²) in [5, 5.41) is 0. The molecule has 0 aromatic heterocycles. The highest BCUT2D eigenvalue weighted by molar-refractivity contribution is 6.00. The summed E-state index contributed by atoms with van der Waals surface area (Å²) in [4.78, 5) is 12.1. The largest absolute Gasteiger partial charge is 0.486 e. The molecule has 1 aromatic rings. The molecule has 1 aliphatic carbocycles. The van der Waals surface area contributed by atoms with Gasteiger partial charge in [-0.2, -0.15) is 0 Å². The fourth-order valence-corrected chi connectivity index (χ4v) is 3.05. The molecule has 3 rings (SSSR count). The number of rotatable bonds is 0. The molecule has 0 unspecified atom stereocenters. The number of carbonyl (C=O) groups excluding carboxylic acids is 1. The highest BCUT2D eigenvalue weighted by atomic mass is 16.5. The zero-order valence-electron chi connectivity index (χ0n) is 9.75. The second-order valence-corrected chi connectivity index (χ2v) is 5.40. The number of ketones is 1. The third kappa shape index (κ3) is 1.36. The molecule has 16 heavy (non-hydrogen) atoms. The van der Waals surface area contributed by atoms with Gasteiger partial charge in [-0.3, -0.25) is 4.79 Å². The van der Waals surface area contributed by atoms with Crippen molar-refractivity contribution < 1.29 is 9.53 Å². The molecule has 2 heteroatoms. The molecule has 1 spiro atoms. The maximum absolute atomic E-state index is 12.1. The standard InChI is InChI=1S/C14H16O2/c1-9-3-4-13-11(5-9)12(15)8-14(16-13)6-10(2)7-14/h3-5,10H,6-8H2,1-2H3. The van der Waals surface area contributed by atoms with E-state index in [1.165, 1.54) is 0 Å². The Labute approximate surface area is 95.6 Å². The molecule has 0 amide bonds. The Morgan fingerprint density at radius 1 is 1.38 bits per heavy atom. The van der Waals surface area contributed by atoms with Crippen LogP contribution < -0.4 is 4.74 Å². The molecule has 0 N–H and O–H groups in total. The fourth-order valence-electron chi connectivity index (χ4n) is 3.05. The Morgan fingerprint density at radius 2 is 2.12 bits per heavy atom. The summed E-state index contributed by atoms with van der Waals surface area (Å²) in [6.07, 6.45) is 2.60. The van der Waals surface area contributed by atoms with Gasteiger partial charge in [0, 0.05) is 0 Å². The van der Waals surface area contributed by atoms with E-state index < -0.39 is 0 Å². The monoisotopic (exact) mass is 216 g/mol.